The van der Waals surface area contributed by atoms with E-state index in [0.717, 1.165) is 10.6 Å². The molecule has 0 spiro atoms. The van der Waals surface area contributed by atoms with Gasteiger partial charge in [0, 0.05) is 16.0 Å². The summed E-state index contributed by atoms with van der Waals surface area (Å²) in [4.78, 5) is 0. The van der Waals surface area contributed by atoms with Crippen molar-refractivity contribution in [1.82, 2.24) is 0 Å². The zero-order valence-electron chi connectivity index (χ0n) is 17.1. The van der Waals surface area contributed by atoms with E-state index in [2.05, 4.69) is 80.6 Å². The van der Waals surface area contributed by atoms with E-state index in [9.17, 15) is 4.57 Å². The summed E-state index contributed by atoms with van der Waals surface area (Å²) in [5, 5.41) is 4.58. The van der Waals surface area contributed by atoms with Crippen LogP contribution < -0.4 is 21.2 Å². The Kier molecular flexibility index (Phi) is 4.98. The van der Waals surface area contributed by atoms with Gasteiger partial charge in [-0.15, -0.1) is 0 Å². The maximum Gasteiger partial charge on any atom is 0.131 e. The first-order valence-electron chi connectivity index (χ1n) is 10.3. The van der Waals surface area contributed by atoms with Crippen molar-refractivity contribution in [2.24, 2.45) is 0 Å². The van der Waals surface area contributed by atoms with Crippen LogP contribution in [0.4, 0.5) is 0 Å². The van der Waals surface area contributed by atoms with Crippen LogP contribution in [0, 0.1) is 0 Å². The number of rotatable bonds is 4. The molecule has 4 aromatic rings. The first kappa shape index (κ1) is 19.5. The highest BCUT2D eigenvalue weighted by molar-refractivity contribution is 7.61. The molecule has 0 aromatic heterocycles. The minimum Gasteiger partial charge on any atom is -0.317 e. The molecule has 0 heterocycles. The Morgan fingerprint density at radius 2 is 1.23 bits per heavy atom. The van der Waals surface area contributed by atoms with Crippen molar-refractivity contribution in [3.8, 4) is 11.1 Å². The molecular formula is C27H24OP2. The minimum absolute atomic E-state index is 0.101. The highest BCUT2D eigenvalue weighted by atomic mass is 31.1. The van der Waals surface area contributed by atoms with Gasteiger partial charge in [-0.3, -0.25) is 0 Å². The third kappa shape index (κ3) is 3.37. The van der Waals surface area contributed by atoms with Crippen LogP contribution in [0.3, 0.4) is 0 Å². The van der Waals surface area contributed by atoms with Gasteiger partial charge < -0.3 is 4.57 Å². The van der Waals surface area contributed by atoms with E-state index in [-0.39, 0.29) is 5.41 Å². The highest BCUT2D eigenvalue weighted by Crippen LogP contribution is 2.48. The summed E-state index contributed by atoms with van der Waals surface area (Å²) in [5.74, 6) is 0. The van der Waals surface area contributed by atoms with Crippen molar-refractivity contribution < 1.29 is 4.57 Å². The second-order valence-corrected chi connectivity index (χ2v) is 11.5. The van der Waals surface area contributed by atoms with Gasteiger partial charge in [0.05, 0.1) is 0 Å². The molecule has 0 amide bonds. The van der Waals surface area contributed by atoms with E-state index in [1.54, 1.807) is 0 Å². The SMILES string of the molecule is CC1(C)c2cc(Pc3ccccc3)ccc2-c2ccc([PH](=O)c3ccccc3)cc21. The third-order valence-corrected chi connectivity index (χ3v) is 8.95. The Morgan fingerprint density at radius 3 is 1.93 bits per heavy atom. The molecule has 2 unspecified atom stereocenters. The molecule has 0 saturated heterocycles. The van der Waals surface area contributed by atoms with Crippen molar-refractivity contribution in [3.05, 3.63) is 108 Å². The van der Waals surface area contributed by atoms with Crippen LogP contribution in [0.2, 0.25) is 0 Å². The zero-order valence-corrected chi connectivity index (χ0v) is 19.1. The summed E-state index contributed by atoms with van der Waals surface area (Å²) in [6.07, 6.45) is 0. The maximum atomic E-state index is 13.2. The van der Waals surface area contributed by atoms with Gasteiger partial charge in [-0.05, 0) is 45.0 Å². The van der Waals surface area contributed by atoms with Crippen LogP contribution in [0.25, 0.3) is 11.1 Å². The molecule has 0 aliphatic heterocycles. The molecule has 2 atom stereocenters. The molecule has 3 heteroatoms. The molecule has 4 aromatic carbocycles. The fourth-order valence-corrected chi connectivity index (χ4v) is 6.82. The molecule has 0 bridgehead atoms. The lowest BCUT2D eigenvalue weighted by Gasteiger charge is -2.22. The van der Waals surface area contributed by atoms with Crippen LogP contribution in [0.15, 0.2) is 97.1 Å². The summed E-state index contributed by atoms with van der Waals surface area (Å²) in [6, 6.07) is 33.8. The molecule has 1 aliphatic rings. The van der Waals surface area contributed by atoms with Crippen molar-refractivity contribution in [1.29, 1.82) is 0 Å². The van der Waals surface area contributed by atoms with E-state index >= 15 is 0 Å². The van der Waals surface area contributed by atoms with E-state index in [0.29, 0.717) is 8.58 Å². The third-order valence-electron chi connectivity index (χ3n) is 6.04. The van der Waals surface area contributed by atoms with Gasteiger partial charge in [0.25, 0.3) is 0 Å². The van der Waals surface area contributed by atoms with Crippen LogP contribution in [-0.4, -0.2) is 0 Å². The maximum absolute atomic E-state index is 13.2. The standard InChI is InChI=1S/C27H24OP2/c1-27(2)25-17-20(29-19-9-5-3-6-10-19)13-15-23(25)24-16-14-22(18-26(24)27)30(28)21-11-7-4-8-12-21/h3-18,29-30H,1-2H3. The van der Waals surface area contributed by atoms with Crippen LogP contribution >= 0.6 is 16.4 Å². The Bertz CT molecular complexity index is 1240. The largest absolute Gasteiger partial charge is 0.317 e. The first-order chi connectivity index (χ1) is 14.5. The lowest BCUT2D eigenvalue weighted by Crippen LogP contribution is -2.18. The van der Waals surface area contributed by atoms with Gasteiger partial charge in [-0.25, -0.2) is 0 Å². The molecule has 1 aliphatic carbocycles. The quantitative estimate of drug-likeness (QED) is 0.414. The second kappa shape index (κ2) is 7.66. The first-order valence-corrected chi connectivity index (χ1v) is 12.7. The van der Waals surface area contributed by atoms with E-state index < -0.39 is 7.80 Å². The number of fused-ring (bicyclic) bond motifs is 3. The van der Waals surface area contributed by atoms with Gasteiger partial charge >= 0.3 is 0 Å². The molecular weight excluding hydrogens is 402 g/mol. The monoisotopic (exact) mass is 426 g/mol. The topological polar surface area (TPSA) is 17.1 Å². The second-order valence-electron chi connectivity index (χ2n) is 8.33. The molecule has 148 valence electrons. The highest BCUT2D eigenvalue weighted by Gasteiger charge is 2.36. The Morgan fingerprint density at radius 1 is 0.633 bits per heavy atom. The van der Waals surface area contributed by atoms with E-state index in [1.807, 2.05) is 30.3 Å². The molecule has 1 nitrogen and oxygen atoms in total. The van der Waals surface area contributed by atoms with E-state index in [4.69, 9.17) is 0 Å². The molecule has 5 rings (SSSR count). The fourth-order valence-electron chi connectivity index (χ4n) is 4.40. The molecule has 30 heavy (non-hydrogen) atoms. The van der Waals surface area contributed by atoms with Gasteiger partial charge in [-0.1, -0.05) is 107 Å². The Balaban J connectivity index is 1.53. The molecule has 0 saturated carbocycles. The van der Waals surface area contributed by atoms with Gasteiger partial charge in [-0.2, -0.15) is 0 Å². The number of hydrogen-bond donors (Lipinski definition) is 0. The molecule has 0 fully saturated rings. The summed E-state index contributed by atoms with van der Waals surface area (Å²) >= 11 is 0. The Labute approximate surface area is 180 Å². The normalized spacial score (nSPS) is 15.1. The number of hydrogen-bond acceptors (Lipinski definition) is 1. The average molecular weight is 426 g/mol. The summed E-state index contributed by atoms with van der Waals surface area (Å²) < 4.78 is 13.2. The molecule has 0 N–H and O–H groups in total. The minimum atomic E-state index is -2.00. The fraction of sp³-hybridized carbons (Fsp3) is 0.111. The molecule has 0 radical (unpaired) electrons. The lowest BCUT2D eigenvalue weighted by atomic mass is 9.82. The average Bonchev–Trinajstić information content (AvgIpc) is 3.01. The van der Waals surface area contributed by atoms with Gasteiger partial charge in [0.2, 0.25) is 0 Å². The Hall–Kier alpha value is -2.46. The van der Waals surface area contributed by atoms with Crippen molar-refractivity contribution in [2.45, 2.75) is 19.3 Å². The summed E-state index contributed by atoms with van der Waals surface area (Å²) in [5.41, 5.74) is 5.13. The van der Waals surface area contributed by atoms with Crippen LogP contribution in [-0.2, 0) is 9.98 Å². The summed E-state index contributed by atoms with van der Waals surface area (Å²) in [7, 11) is -1.35. The number of benzene rings is 4. The van der Waals surface area contributed by atoms with E-state index in [1.165, 1.54) is 32.9 Å². The summed E-state index contributed by atoms with van der Waals surface area (Å²) in [6.45, 7) is 4.58. The van der Waals surface area contributed by atoms with Gasteiger partial charge in [0.15, 0.2) is 0 Å². The van der Waals surface area contributed by atoms with Crippen molar-refractivity contribution >= 4 is 37.6 Å². The predicted molar refractivity (Wildman–Crippen MR) is 133 cm³/mol. The predicted octanol–water partition coefficient (Wildman–Crippen LogP) is 5.13. The smallest absolute Gasteiger partial charge is 0.131 e. The van der Waals surface area contributed by atoms with Gasteiger partial charge in [0.1, 0.15) is 7.80 Å². The van der Waals surface area contributed by atoms with Crippen LogP contribution in [0.5, 0.6) is 0 Å². The van der Waals surface area contributed by atoms with Crippen LogP contribution in [0.1, 0.15) is 25.0 Å². The van der Waals surface area contributed by atoms with Crippen molar-refractivity contribution in [3.63, 3.8) is 0 Å². The zero-order chi connectivity index (χ0) is 20.7. The lowest BCUT2D eigenvalue weighted by molar-refractivity contribution is 0.598. The van der Waals surface area contributed by atoms with Crippen molar-refractivity contribution in [2.75, 3.05) is 0 Å².